The monoisotopic (exact) mass is 366 g/mol. The molecule has 6 heteroatoms. The number of benzene rings is 2. The molecular formula is C21H26N4O2. The van der Waals surface area contributed by atoms with Gasteiger partial charge in [0, 0.05) is 30.2 Å². The van der Waals surface area contributed by atoms with Crippen LogP contribution in [0.5, 0.6) is 5.75 Å². The predicted octanol–water partition coefficient (Wildman–Crippen LogP) is 3.01. The van der Waals surface area contributed by atoms with Gasteiger partial charge < -0.3 is 15.2 Å². The number of piperidine rings is 1. The summed E-state index contributed by atoms with van der Waals surface area (Å²) in [5.41, 5.74) is 3.45. The van der Waals surface area contributed by atoms with Gasteiger partial charge in [0.15, 0.2) is 0 Å². The van der Waals surface area contributed by atoms with Gasteiger partial charge in [0.2, 0.25) is 0 Å². The molecule has 2 heterocycles. The third-order valence-corrected chi connectivity index (χ3v) is 4.98. The number of anilines is 1. The molecule has 27 heavy (non-hydrogen) atoms. The third-order valence-electron chi connectivity index (χ3n) is 4.98. The summed E-state index contributed by atoms with van der Waals surface area (Å²) < 4.78 is 5.53. The van der Waals surface area contributed by atoms with Crippen molar-refractivity contribution in [1.82, 2.24) is 15.1 Å². The van der Waals surface area contributed by atoms with E-state index in [9.17, 15) is 0 Å². The molecule has 3 aromatic rings. The Morgan fingerprint density at radius 1 is 1.26 bits per heavy atom. The van der Waals surface area contributed by atoms with E-state index in [4.69, 9.17) is 9.84 Å². The molecule has 0 bridgehead atoms. The molecule has 1 aliphatic rings. The number of H-pyrrole nitrogens is 1. The number of likely N-dealkylation sites (tertiary alicyclic amines) is 1. The Kier molecular flexibility index (Phi) is 5.55. The number of rotatable bonds is 7. The van der Waals surface area contributed by atoms with Gasteiger partial charge in [0.05, 0.1) is 18.3 Å². The molecule has 0 aliphatic carbocycles. The molecular weight excluding hydrogens is 340 g/mol. The number of nitrogens with zero attached hydrogens (tertiary/aromatic N) is 2. The number of aliphatic hydroxyl groups excluding tert-OH is 1. The van der Waals surface area contributed by atoms with Crippen molar-refractivity contribution in [3.63, 3.8) is 0 Å². The van der Waals surface area contributed by atoms with Crippen LogP contribution in [0.1, 0.15) is 18.4 Å². The molecule has 4 rings (SSSR count). The summed E-state index contributed by atoms with van der Waals surface area (Å²) in [5, 5.41) is 20.8. The molecule has 0 radical (unpaired) electrons. The molecule has 0 saturated carbocycles. The van der Waals surface area contributed by atoms with E-state index in [1.165, 1.54) is 18.4 Å². The molecule has 3 N–H and O–H groups in total. The van der Waals surface area contributed by atoms with Crippen molar-refractivity contribution in [3.05, 3.63) is 54.2 Å². The van der Waals surface area contributed by atoms with Gasteiger partial charge in [0.1, 0.15) is 12.4 Å². The average molecular weight is 366 g/mol. The van der Waals surface area contributed by atoms with Crippen molar-refractivity contribution in [2.75, 3.05) is 31.6 Å². The van der Waals surface area contributed by atoms with Crippen molar-refractivity contribution < 1.29 is 9.84 Å². The lowest BCUT2D eigenvalue weighted by atomic mass is 10.0. The number of ether oxygens (including phenoxy) is 1. The number of fused-ring (bicyclic) bond motifs is 1. The second-order valence-corrected chi connectivity index (χ2v) is 7.11. The summed E-state index contributed by atoms with van der Waals surface area (Å²) >= 11 is 0. The van der Waals surface area contributed by atoms with Crippen molar-refractivity contribution in [3.8, 4) is 5.75 Å². The van der Waals surface area contributed by atoms with Crippen molar-refractivity contribution in [1.29, 1.82) is 0 Å². The number of hydrogen-bond acceptors (Lipinski definition) is 5. The first kappa shape index (κ1) is 17.8. The number of aromatic nitrogens is 2. The number of nitrogens with one attached hydrogen (secondary N) is 2. The fourth-order valence-corrected chi connectivity index (χ4v) is 3.74. The number of aromatic amines is 1. The highest BCUT2D eigenvalue weighted by molar-refractivity contribution is 5.81. The topological polar surface area (TPSA) is 73.4 Å². The maximum Gasteiger partial charge on any atom is 0.119 e. The first-order valence-electron chi connectivity index (χ1n) is 9.55. The molecule has 6 nitrogen and oxygen atoms in total. The quantitative estimate of drug-likeness (QED) is 0.599. The lowest BCUT2D eigenvalue weighted by Crippen LogP contribution is -2.41. The fraction of sp³-hybridized carbons (Fsp3) is 0.381. The van der Waals surface area contributed by atoms with E-state index < -0.39 is 0 Å². The largest absolute Gasteiger partial charge is 0.491 e. The zero-order valence-electron chi connectivity index (χ0n) is 15.4. The predicted molar refractivity (Wildman–Crippen MR) is 107 cm³/mol. The summed E-state index contributed by atoms with van der Waals surface area (Å²) in [6.07, 6.45) is 4.23. The van der Waals surface area contributed by atoms with Crippen LogP contribution < -0.4 is 10.1 Å². The minimum Gasteiger partial charge on any atom is -0.491 e. The van der Waals surface area contributed by atoms with Crippen LogP contribution in [0.2, 0.25) is 0 Å². The molecule has 0 amide bonds. The molecule has 142 valence electrons. The van der Waals surface area contributed by atoms with Crippen molar-refractivity contribution in [2.45, 2.75) is 25.4 Å². The Bertz CT molecular complexity index is 879. The summed E-state index contributed by atoms with van der Waals surface area (Å²) in [5.74, 6) is 0.821. The molecule has 1 saturated heterocycles. The minimum absolute atomic E-state index is 0.0360. The highest BCUT2D eigenvalue weighted by Crippen LogP contribution is 2.22. The molecule has 0 unspecified atom stereocenters. The van der Waals surface area contributed by atoms with Gasteiger partial charge in [-0.1, -0.05) is 12.1 Å². The third kappa shape index (κ3) is 4.59. The van der Waals surface area contributed by atoms with E-state index in [-0.39, 0.29) is 6.61 Å². The number of hydrogen-bond donors (Lipinski definition) is 3. The zero-order chi connectivity index (χ0) is 18.5. The van der Waals surface area contributed by atoms with Gasteiger partial charge in [-0.05, 0) is 55.3 Å². The first-order valence-corrected chi connectivity index (χ1v) is 9.55. The molecule has 2 aromatic carbocycles. The zero-order valence-corrected chi connectivity index (χ0v) is 15.4. The van der Waals surface area contributed by atoms with E-state index in [0.29, 0.717) is 12.6 Å². The van der Waals surface area contributed by atoms with Crippen LogP contribution >= 0.6 is 0 Å². The molecule has 1 aliphatic heterocycles. The van der Waals surface area contributed by atoms with Crippen LogP contribution in [0.15, 0.2) is 48.7 Å². The van der Waals surface area contributed by atoms with Gasteiger partial charge in [-0.25, -0.2) is 0 Å². The second kappa shape index (κ2) is 8.41. The van der Waals surface area contributed by atoms with Gasteiger partial charge in [0.25, 0.3) is 0 Å². The smallest absolute Gasteiger partial charge is 0.119 e. The van der Waals surface area contributed by atoms with Gasteiger partial charge in [-0.15, -0.1) is 0 Å². The molecule has 0 spiro atoms. The average Bonchev–Trinajstić information content (AvgIpc) is 3.15. The van der Waals surface area contributed by atoms with Crippen LogP contribution in [0, 0.1) is 0 Å². The lowest BCUT2D eigenvalue weighted by Gasteiger charge is -2.33. The van der Waals surface area contributed by atoms with E-state index >= 15 is 0 Å². The minimum atomic E-state index is 0.0360. The van der Waals surface area contributed by atoms with Crippen molar-refractivity contribution >= 4 is 16.6 Å². The van der Waals surface area contributed by atoms with Crippen LogP contribution in [0.3, 0.4) is 0 Å². The molecule has 1 aromatic heterocycles. The summed E-state index contributed by atoms with van der Waals surface area (Å²) in [6.45, 7) is 3.41. The summed E-state index contributed by atoms with van der Waals surface area (Å²) in [4.78, 5) is 2.49. The standard InChI is InChI=1S/C21H26N4O2/c26-9-10-27-20-5-1-3-16(11-20)14-25-8-2-4-19(15-25)23-18-6-7-21-17(12-18)13-22-24-21/h1,3,5-7,11-13,19,23,26H,2,4,8-10,14-15H2,(H,22,24)/t19-/m1/s1. The van der Waals surface area contributed by atoms with E-state index in [0.717, 1.165) is 42.0 Å². The Labute approximate surface area is 159 Å². The van der Waals surface area contributed by atoms with Gasteiger partial charge in [-0.3, -0.25) is 10.00 Å². The van der Waals surface area contributed by atoms with Crippen LogP contribution in [0.4, 0.5) is 5.69 Å². The van der Waals surface area contributed by atoms with Gasteiger partial charge in [-0.2, -0.15) is 5.10 Å². The summed E-state index contributed by atoms with van der Waals surface area (Å²) in [6, 6.07) is 14.9. The first-order chi connectivity index (χ1) is 13.3. The second-order valence-electron chi connectivity index (χ2n) is 7.11. The normalized spacial score (nSPS) is 17.9. The maximum absolute atomic E-state index is 8.91. The highest BCUT2D eigenvalue weighted by atomic mass is 16.5. The van der Waals surface area contributed by atoms with Gasteiger partial charge >= 0.3 is 0 Å². The Morgan fingerprint density at radius 3 is 3.15 bits per heavy atom. The van der Waals surface area contributed by atoms with E-state index in [2.05, 4.69) is 50.7 Å². The van der Waals surface area contributed by atoms with Crippen LogP contribution in [-0.4, -0.2) is 52.5 Å². The SMILES string of the molecule is OCCOc1cccc(CN2CCC[C@@H](Nc3ccc4[nH]ncc4c3)C2)c1. The van der Waals surface area contributed by atoms with E-state index in [1.807, 2.05) is 18.3 Å². The maximum atomic E-state index is 8.91. The van der Waals surface area contributed by atoms with E-state index in [1.54, 1.807) is 0 Å². The highest BCUT2D eigenvalue weighted by Gasteiger charge is 2.20. The van der Waals surface area contributed by atoms with Crippen LogP contribution in [-0.2, 0) is 6.54 Å². The van der Waals surface area contributed by atoms with Crippen molar-refractivity contribution in [2.24, 2.45) is 0 Å². The summed E-state index contributed by atoms with van der Waals surface area (Å²) in [7, 11) is 0. The molecule has 1 fully saturated rings. The Hall–Kier alpha value is -2.57. The number of aliphatic hydroxyl groups is 1. The fourth-order valence-electron chi connectivity index (χ4n) is 3.74. The Balaban J connectivity index is 1.36. The molecule has 1 atom stereocenters. The lowest BCUT2D eigenvalue weighted by molar-refractivity contribution is 0.199. The Morgan fingerprint density at radius 2 is 2.22 bits per heavy atom. The van der Waals surface area contributed by atoms with Crippen LogP contribution in [0.25, 0.3) is 10.9 Å².